The summed E-state index contributed by atoms with van der Waals surface area (Å²) in [5, 5.41) is 12.9. The molecule has 166 valence electrons. The van der Waals surface area contributed by atoms with Gasteiger partial charge in [0.25, 0.3) is 0 Å². The van der Waals surface area contributed by atoms with Crippen LogP contribution in [0, 0.1) is 5.92 Å². The van der Waals surface area contributed by atoms with E-state index in [1.165, 1.54) is 18.2 Å². The van der Waals surface area contributed by atoms with Gasteiger partial charge in [-0.15, -0.1) is 6.58 Å². The number of carboxylic acid groups (broad SMARTS) is 1. The molecule has 0 saturated carbocycles. The molecule has 0 spiro atoms. The molecule has 31 heavy (non-hydrogen) atoms. The molecule has 3 rings (SSSR count). The van der Waals surface area contributed by atoms with Gasteiger partial charge in [-0.1, -0.05) is 32.1 Å². The molecule has 0 radical (unpaired) electrons. The number of carboxylic acids is 1. The van der Waals surface area contributed by atoms with Crippen LogP contribution < -0.4 is 10.2 Å². The minimum absolute atomic E-state index is 0.0261. The van der Waals surface area contributed by atoms with Crippen LogP contribution in [0.5, 0.6) is 0 Å². The molecule has 0 amide bonds. The highest BCUT2D eigenvalue weighted by atomic mass is 32.2. The molecule has 1 aromatic carbocycles. The summed E-state index contributed by atoms with van der Waals surface area (Å²) in [6.07, 6.45) is 5.14. The first kappa shape index (κ1) is 22.8. The van der Waals surface area contributed by atoms with Gasteiger partial charge in [-0.25, -0.2) is 8.42 Å². The molecule has 1 atom stereocenters. The van der Waals surface area contributed by atoms with Crippen molar-refractivity contribution >= 4 is 27.4 Å². The highest BCUT2D eigenvalue weighted by Gasteiger charge is 2.35. The molecule has 1 aliphatic heterocycles. The summed E-state index contributed by atoms with van der Waals surface area (Å²) in [5.74, 6) is -1.14. The van der Waals surface area contributed by atoms with Crippen molar-refractivity contribution in [3.05, 3.63) is 60.9 Å². The van der Waals surface area contributed by atoms with E-state index < -0.39 is 22.0 Å². The number of hydrogen-bond acceptors (Lipinski definition) is 6. The number of aliphatic carboxylic acids is 1. The van der Waals surface area contributed by atoms with E-state index in [9.17, 15) is 18.3 Å². The Morgan fingerprint density at radius 2 is 2.03 bits per heavy atom. The van der Waals surface area contributed by atoms with Gasteiger partial charge < -0.3 is 15.3 Å². The van der Waals surface area contributed by atoms with Crippen molar-refractivity contribution in [1.29, 1.82) is 0 Å². The van der Waals surface area contributed by atoms with Crippen LogP contribution in [0.3, 0.4) is 0 Å². The number of pyridine rings is 1. The summed E-state index contributed by atoms with van der Waals surface area (Å²) in [5.41, 5.74) is 2.95. The number of aromatic nitrogens is 1. The number of benzene rings is 1. The van der Waals surface area contributed by atoms with Gasteiger partial charge in [0.15, 0.2) is 0 Å². The molecule has 1 aromatic heterocycles. The molecule has 0 bridgehead atoms. The van der Waals surface area contributed by atoms with Crippen molar-refractivity contribution in [2.24, 2.45) is 5.92 Å². The molecule has 8 nitrogen and oxygen atoms in total. The summed E-state index contributed by atoms with van der Waals surface area (Å²) in [6.45, 7) is 8.51. The van der Waals surface area contributed by atoms with Gasteiger partial charge >= 0.3 is 5.97 Å². The van der Waals surface area contributed by atoms with Crippen LogP contribution in [-0.2, 0) is 21.4 Å². The predicted octanol–water partition coefficient (Wildman–Crippen LogP) is 3.15. The van der Waals surface area contributed by atoms with E-state index in [1.807, 2.05) is 19.9 Å². The Bertz CT molecular complexity index is 1040. The molecule has 0 aliphatic carbocycles. The zero-order valence-corrected chi connectivity index (χ0v) is 18.5. The molecule has 2 N–H and O–H groups in total. The monoisotopic (exact) mass is 444 g/mol. The molecular weight excluding hydrogens is 416 g/mol. The van der Waals surface area contributed by atoms with Crippen molar-refractivity contribution in [3.8, 4) is 0 Å². The highest BCUT2D eigenvalue weighted by Crippen LogP contribution is 2.31. The lowest BCUT2D eigenvalue weighted by Gasteiger charge is -2.28. The van der Waals surface area contributed by atoms with Crippen LogP contribution in [0.1, 0.15) is 25.8 Å². The van der Waals surface area contributed by atoms with E-state index in [-0.39, 0.29) is 23.8 Å². The maximum absolute atomic E-state index is 13.3. The zero-order valence-electron chi connectivity index (χ0n) is 17.7. The molecule has 2 aromatic rings. The fourth-order valence-electron chi connectivity index (χ4n) is 3.64. The quantitative estimate of drug-likeness (QED) is 0.543. The molecule has 0 fully saturated rings. The first-order valence-corrected chi connectivity index (χ1v) is 11.6. The number of anilines is 2. The minimum atomic E-state index is -4.00. The van der Waals surface area contributed by atoms with Gasteiger partial charge in [0.2, 0.25) is 10.0 Å². The maximum Gasteiger partial charge on any atom is 0.322 e. The second kappa shape index (κ2) is 9.49. The Balaban J connectivity index is 1.82. The zero-order chi connectivity index (χ0) is 22.6. The number of sulfonamides is 1. The molecule has 9 heteroatoms. The Labute approximate surface area is 183 Å². The Hall–Kier alpha value is -2.91. The number of rotatable bonds is 10. The van der Waals surface area contributed by atoms with Gasteiger partial charge in [0.1, 0.15) is 6.04 Å². The van der Waals surface area contributed by atoms with Gasteiger partial charge in [0.05, 0.1) is 29.1 Å². The fraction of sp³-hybridized carbons (Fsp3) is 0.364. The number of nitrogens with one attached hydrogen (secondary N) is 1. The molecule has 0 saturated heterocycles. The topological polar surface area (TPSA) is 103 Å². The Morgan fingerprint density at radius 3 is 2.65 bits per heavy atom. The van der Waals surface area contributed by atoms with Crippen LogP contribution in [0.2, 0.25) is 0 Å². The van der Waals surface area contributed by atoms with Gasteiger partial charge in [-0.3, -0.25) is 9.78 Å². The van der Waals surface area contributed by atoms with Crippen LogP contribution in [-0.4, -0.2) is 48.0 Å². The number of carbonyl (C=O) groups is 1. The van der Waals surface area contributed by atoms with Crippen molar-refractivity contribution < 1.29 is 18.3 Å². The Morgan fingerprint density at radius 1 is 1.32 bits per heavy atom. The lowest BCUT2D eigenvalue weighted by molar-refractivity contribution is -0.141. The van der Waals surface area contributed by atoms with Crippen molar-refractivity contribution in [3.63, 3.8) is 0 Å². The summed E-state index contributed by atoms with van der Waals surface area (Å²) < 4.78 is 27.5. The van der Waals surface area contributed by atoms with Crippen LogP contribution in [0.15, 0.2) is 60.3 Å². The smallest absolute Gasteiger partial charge is 0.322 e. The predicted molar refractivity (Wildman–Crippen MR) is 120 cm³/mol. The number of nitrogens with zero attached hydrogens (tertiary/aromatic N) is 3. The van der Waals surface area contributed by atoms with Gasteiger partial charge in [-0.05, 0) is 36.1 Å². The third-order valence-electron chi connectivity index (χ3n) is 5.14. The largest absolute Gasteiger partial charge is 0.480 e. The lowest BCUT2D eigenvalue weighted by Crippen LogP contribution is -2.45. The average molecular weight is 445 g/mol. The standard InChI is InChI=1S/C22H28N4O4S/c1-4-11-26(21(22(27)28)12-16(2)3)31(29,30)18-7-5-17(6-8-18)14-25-15-24-19-13-23-10-9-20(19)25/h4-10,13,16,21,24H,1,11-12,14-15H2,2-3H3,(H,27,28)/t21-/m0/s1. The normalized spacial score (nSPS) is 14.4. The fourth-order valence-corrected chi connectivity index (χ4v) is 5.20. The summed E-state index contributed by atoms with van der Waals surface area (Å²) in [4.78, 5) is 18.1. The first-order chi connectivity index (χ1) is 14.7. The van der Waals surface area contributed by atoms with Crippen LogP contribution >= 0.6 is 0 Å². The van der Waals surface area contributed by atoms with Gasteiger partial charge in [-0.2, -0.15) is 4.31 Å². The third kappa shape index (κ3) is 5.05. The summed E-state index contributed by atoms with van der Waals surface area (Å²) in [6, 6.07) is 7.37. The lowest BCUT2D eigenvalue weighted by atomic mass is 10.0. The number of hydrogen-bond donors (Lipinski definition) is 2. The maximum atomic E-state index is 13.3. The second-order valence-corrected chi connectivity index (χ2v) is 9.81. The highest BCUT2D eigenvalue weighted by molar-refractivity contribution is 7.89. The van der Waals surface area contributed by atoms with E-state index in [4.69, 9.17) is 0 Å². The average Bonchev–Trinajstić information content (AvgIpc) is 3.13. The number of fused-ring (bicyclic) bond motifs is 1. The molecular formula is C22H28N4O4S. The van der Waals surface area contributed by atoms with Crippen molar-refractivity contribution in [2.45, 2.75) is 37.8 Å². The van der Waals surface area contributed by atoms with Crippen LogP contribution in [0.4, 0.5) is 11.4 Å². The van der Waals surface area contributed by atoms with E-state index in [0.717, 1.165) is 21.2 Å². The van der Waals surface area contributed by atoms with Crippen molar-refractivity contribution in [1.82, 2.24) is 9.29 Å². The molecule has 0 unspecified atom stereocenters. The molecule has 1 aliphatic rings. The molecule has 2 heterocycles. The Kier molecular flexibility index (Phi) is 6.97. The van der Waals surface area contributed by atoms with Crippen molar-refractivity contribution in [2.75, 3.05) is 23.4 Å². The van der Waals surface area contributed by atoms with E-state index in [2.05, 4.69) is 21.8 Å². The summed E-state index contributed by atoms with van der Waals surface area (Å²) >= 11 is 0. The first-order valence-electron chi connectivity index (χ1n) is 10.1. The van der Waals surface area contributed by atoms with E-state index in [0.29, 0.717) is 13.2 Å². The third-order valence-corrected chi connectivity index (χ3v) is 7.03. The SMILES string of the molecule is C=CCN([C@@H](CC(C)C)C(=O)O)S(=O)(=O)c1ccc(CN2CNc3cnccc32)cc1. The van der Waals surface area contributed by atoms with E-state index in [1.54, 1.807) is 24.5 Å². The second-order valence-electron chi connectivity index (χ2n) is 7.92. The van der Waals surface area contributed by atoms with Gasteiger partial charge in [0, 0.05) is 19.3 Å². The minimum Gasteiger partial charge on any atom is -0.480 e. The van der Waals surface area contributed by atoms with E-state index >= 15 is 0 Å². The summed E-state index contributed by atoms with van der Waals surface area (Å²) in [7, 11) is -4.00. The van der Waals surface area contributed by atoms with Crippen LogP contribution in [0.25, 0.3) is 0 Å².